The molecule has 2 nitrogen and oxygen atoms in total. The van der Waals surface area contributed by atoms with Crippen molar-refractivity contribution >= 4 is 33.4 Å². The molecule has 0 aromatic heterocycles. The van der Waals surface area contributed by atoms with Gasteiger partial charge >= 0.3 is 0 Å². The molecule has 0 unspecified atom stereocenters. The second-order valence-electron chi connectivity index (χ2n) is 5.02. The van der Waals surface area contributed by atoms with Gasteiger partial charge in [-0.3, -0.25) is 4.79 Å². The van der Waals surface area contributed by atoms with Gasteiger partial charge in [-0.1, -0.05) is 24.9 Å². The molecule has 1 saturated carbocycles. The molecule has 1 N–H and O–H groups in total. The molecular weight excluding hydrogens is 314 g/mol. The van der Waals surface area contributed by atoms with Crippen LogP contribution < -0.4 is 5.32 Å². The fourth-order valence-corrected chi connectivity index (χ4v) is 2.84. The van der Waals surface area contributed by atoms with E-state index in [1.165, 1.54) is 19.3 Å². The van der Waals surface area contributed by atoms with Crippen molar-refractivity contribution in [2.45, 2.75) is 32.6 Å². The summed E-state index contributed by atoms with van der Waals surface area (Å²) in [6.07, 6.45) is 4.88. The summed E-state index contributed by atoms with van der Waals surface area (Å²) in [5.74, 6) is -0.0212. The van der Waals surface area contributed by atoms with Crippen molar-refractivity contribution in [3.05, 3.63) is 33.3 Å². The Morgan fingerprint density at radius 3 is 2.72 bits per heavy atom. The van der Waals surface area contributed by atoms with Crippen molar-refractivity contribution in [3.63, 3.8) is 0 Å². The van der Waals surface area contributed by atoms with Gasteiger partial charge in [0.25, 0.3) is 5.91 Å². The predicted octanol–water partition coefficient (Wildman–Crippen LogP) is 4.41. The largest absolute Gasteiger partial charge is 0.351 e. The van der Waals surface area contributed by atoms with Crippen LogP contribution in [0.2, 0.25) is 5.02 Å². The molecule has 1 amide bonds. The summed E-state index contributed by atoms with van der Waals surface area (Å²) in [7, 11) is 0. The number of hydrogen-bond donors (Lipinski definition) is 1. The summed E-state index contributed by atoms with van der Waals surface area (Å²) in [4.78, 5) is 12.0. The molecule has 1 aliphatic carbocycles. The Kier molecular flexibility index (Phi) is 4.33. The maximum Gasteiger partial charge on any atom is 0.251 e. The molecule has 1 aromatic rings. The van der Waals surface area contributed by atoms with Gasteiger partial charge < -0.3 is 5.32 Å². The van der Waals surface area contributed by atoms with Crippen molar-refractivity contribution < 1.29 is 4.79 Å². The number of halogens is 2. The Bertz CT molecular complexity index is 452. The van der Waals surface area contributed by atoms with Crippen LogP contribution in [0.25, 0.3) is 0 Å². The number of nitrogens with one attached hydrogen (secondary N) is 1. The fourth-order valence-electron chi connectivity index (χ4n) is 2.34. The van der Waals surface area contributed by atoms with E-state index in [4.69, 9.17) is 11.6 Å². The Labute approximate surface area is 121 Å². The summed E-state index contributed by atoms with van der Waals surface area (Å²) in [5, 5.41) is 3.66. The molecule has 2 rings (SSSR count). The maximum absolute atomic E-state index is 12.0. The molecule has 0 saturated heterocycles. The van der Waals surface area contributed by atoms with Crippen molar-refractivity contribution in [1.29, 1.82) is 0 Å². The summed E-state index contributed by atoms with van der Waals surface area (Å²) in [6.45, 7) is 2.98. The van der Waals surface area contributed by atoms with Crippen LogP contribution in [0.1, 0.15) is 43.0 Å². The van der Waals surface area contributed by atoms with Crippen LogP contribution in [-0.4, -0.2) is 12.5 Å². The zero-order valence-electron chi connectivity index (χ0n) is 10.4. The highest BCUT2D eigenvalue weighted by Gasteiger charge is 2.35. The van der Waals surface area contributed by atoms with E-state index in [9.17, 15) is 4.79 Å². The SMILES string of the molecule is CCC1(CNC(=O)c2ccc(Cl)c(Br)c2)CCC1. The van der Waals surface area contributed by atoms with E-state index in [1.54, 1.807) is 18.2 Å². The van der Waals surface area contributed by atoms with E-state index in [2.05, 4.69) is 28.2 Å². The first-order chi connectivity index (χ1) is 8.56. The van der Waals surface area contributed by atoms with Crippen molar-refractivity contribution in [3.8, 4) is 0 Å². The summed E-state index contributed by atoms with van der Waals surface area (Å²) in [6, 6.07) is 5.25. The van der Waals surface area contributed by atoms with Crippen molar-refractivity contribution in [2.75, 3.05) is 6.54 Å². The van der Waals surface area contributed by atoms with Crippen LogP contribution in [-0.2, 0) is 0 Å². The smallest absolute Gasteiger partial charge is 0.251 e. The molecular formula is C14H17BrClNO. The lowest BCUT2D eigenvalue weighted by molar-refractivity contribution is 0.0850. The summed E-state index contributed by atoms with van der Waals surface area (Å²) < 4.78 is 0.755. The van der Waals surface area contributed by atoms with E-state index in [0.717, 1.165) is 17.4 Å². The minimum atomic E-state index is -0.0212. The third kappa shape index (κ3) is 2.89. The first-order valence-corrected chi connectivity index (χ1v) is 7.47. The lowest BCUT2D eigenvalue weighted by atomic mass is 9.67. The number of hydrogen-bond acceptors (Lipinski definition) is 1. The van der Waals surface area contributed by atoms with Gasteiger partial charge in [0, 0.05) is 16.6 Å². The van der Waals surface area contributed by atoms with Gasteiger partial charge in [0.1, 0.15) is 0 Å². The van der Waals surface area contributed by atoms with E-state index in [0.29, 0.717) is 16.0 Å². The number of rotatable bonds is 4. The van der Waals surface area contributed by atoms with Crippen LogP contribution in [0.5, 0.6) is 0 Å². The van der Waals surface area contributed by atoms with Gasteiger partial charge in [-0.05, 0) is 58.8 Å². The maximum atomic E-state index is 12.0. The zero-order valence-corrected chi connectivity index (χ0v) is 12.8. The van der Waals surface area contributed by atoms with Crippen LogP contribution in [0.4, 0.5) is 0 Å². The predicted molar refractivity (Wildman–Crippen MR) is 78.1 cm³/mol. The molecule has 0 heterocycles. The number of carbonyl (C=O) groups excluding carboxylic acids is 1. The molecule has 0 radical (unpaired) electrons. The molecule has 98 valence electrons. The molecule has 1 aromatic carbocycles. The summed E-state index contributed by atoms with van der Waals surface area (Å²) in [5.41, 5.74) is 0.996. The first-order valence-electron chi connectivity index (χ1n) is 6.29. The molecule has 0 aliphatic heterocycles. The van der Waals surface area contributed by atoms with E-state index in [1.807, 2.05) is 0 Å². The molecule has 1 aliphatic rings. The average molecular weight is 331 g/mol. The van der Waals surface area contributed by atoms with Crippen molar-refractivity contribution in [1.82, 2.24) is 5.32 Å². The molecule has 0 spiro atoms. The Balaban J connectivity index is 1.97. The molecule has 4 heteroatoms. The van der Waals surface area contributed by atoms with Gasteiger partial charge in [0.15, 0.2) is 0 Å². The Morgan fingerprint density at radius 2 is 2.22 bits per heavy atom. The standard InChI is InChI=1S/C14H17BrClNO/c1-2-14(6-3-7-14)9-17-13(18)10-4-5-12(16)11(15)8-10/h4-5,8H,2-3,6-7,9H2,1H3,(H,17,18). The Morgan fingerprint density at radius 1 is 1.50 bits per heavy atom. The average Bonchev–Trinajstić information content (AvgIpc) is 2.31. The highest BCUT2D eigenvalue weighted by atomic mass is 79.9. The molecule has 0 bridgehead atoms. The van der Waals surface area contributed by atoms with E-state index in [-0.39, 0.29) is 5.91 Å². The second-order valence-corrected chi connectivity index (χ2v) is 6.28. The lowest BCUT2D eigenvalue weighted by Gasteiger charge is -2.41. The van der Waals surface area contributed by atoms with Crippen LogP contribution >= 0.6 is 27.5 Å². The number of carbonyl (C=O) groups is 1. The third-order valence-electron chi connectivity index (χ3n) is 3.97. The second kappa shape index (κ2) is 5.62. The monoisotopic (exact) mass is 329 g/mol. The fraction of sp³-hybridized carbons (Fsp3) is 0.500. The van der Waals surface area contributed by atoms with Gasteiger partial charge in [-0.25, -0.2) is 0 Å². The number of amides is 1. The lowest BCUT2D eigenvalue weighted by Crippen LogP contribution is -2.41. The van der Waals surface area contributed by atoms with Gasteiger partial charge in [-0.2, -0.15) is 0 Å². The van der Waals surface area contributed by atoms with Crippen LogP contribution in [0.15, 0.2) is 22.7 Å². The minimum Gasteiger partial charge on any atom is -0.351 e. The zero-order chi connectivity index (χ0) is 13.2. The molecule has 1 fully saturated rings. The van der Waals surface area contributed by atoms with Crippen LogP contribution in [0, 0.1) is 5.41 Å². The third-order valence-corrected chi connectivity index (χ3v) is 5.18. The highest BCUT2D eigenvalue weighted by molar-refractivity contribution is 9.10. The first kappa shape index (κ1) is 13.9. The van der Waals surface area contributed by atoms with Gasteiger partial charge in [0.05, 0.1) is 5.02 Å². The number of benzene rings is 1. The molecule has 0 atom stereocenters. The Hall–Kier alpha value is -0.540. The summed E-state index contributed by atoms with van der Waals surface area (Å²) >= 11 is 9.24. The van der Waals surface area contributed by atoms with Gasteiger partial charge in [-0.15, -0.1) is 0 Å². The quantitative estimate of drug-likeness (QED) is 0.870. The van der Waals surface area contributed by atoms with E-state index < -0.39 is 0 Å². The van der Waals surface area contributed by atoms with E-state index >= 15 is 0 Å². The minimum absolute atomic E-state index is 0.0212. The topological polar surface area (TPSA) is 29.1 Å². The van der Waals surface area contributed by atoms with Crippen molar-refractivity contribution in [2.24, 2.45) is 5.41 Å². The van der Waals surface area contributed by atoms with Gasteiger partial charge in [0.2, 0.25) is 0 Å². The normalized spacial score (nSPS) is 17.1. The van der Waals surface area contributed by atoms with Crippen LogP contribution in [0.3, 0.4) is 0 Å². The highest BCUT2D eigenvalue weighted by Crippen LogP contribution is 2.43. The molecule has 18 heavy (non-hydrogen) atoms.